The molecule has 0 aromatic heterocycles. The molecule has 0 aliphatic rings. The number of aliphatic hydroxyl groups excluding tert-OH is 1. The predicted molar refractivity (Wildman–Crippen MR) is 114 cm³/mol. The fraction of sp³-hybridized carbons (Fsp3) is 0.909. The van der Waals surface area contributed by atoms with Crippen molar-refractivity contribution in [2.45, 2.75) is 110 Å². The Balaban J connectivity index is 3.20. The molecule has 0 fully saturated rings. The fourth-order valence-electron chi connectivity index (χ4n) is 3.14. The van der Waals surface area contributed by atoms with Crippen molar-refractivity contribution in [3.05, 3.63) is 0 Å². The number of hydrazine groups is 1. The molecule has 0 bridgehead atoms. The topological polar surface area (TPSA) is 87.7 Å². The Bertz CT molecular complexity index is 364. The van der Waals surface area contributed by atoms with E-state index in [2.05, 4.69) is 22.5 Å². The molecule has 0 aromatic rings. The summed E-state index contributed by atoms with van der Waals surface area (Å²) in [6.07, 6.45) is 20.0. The molecule has 0 unspecified atom stereocenters. The zero-order valence-corrected chi connectivity index (χ0v) is 18.1. The highest BCUT2D eigenvalue weighted by molar-refractivity contribution is 5.76. The zero-order chi connectivity index (χ0) is 20.7. The SMILES string of the molecule is CCCCCCCCCCCCCCCCCC(=O)NNCC(=O)OCCO. The zero-order valence-electron chi connectivity index (χ0n) is 18.1. The molecule has 3 N–H and O–H groups in total. The molecular formula is C22H44N2O4. The van der Waals surface area contributed by atoms with Crippen molar-refractivity contribution < 1.29 is 19.4 Å². The highest BCUT2D eigenvalue weighted by Crippen LogP contribution is 2.13. The Morgan fingerprint density at radius 3 is 1.68 bits per heavy atom. The van der Waals surface area contributed by atoms with Gasteiger partial charge in [0.05, 0.1) is 6.61 Å². The van der Waals surface area contributed by atoms with Gasteiger partial charge in [-0.1, -0.05) is 96.8 Å². The Morgan fingerprint density at radius 1 is 0.750 bits per heavy atom. The molecule has 0 saturated carbocycles. The van der Waals surface area contributed by atoms with E-state index in [-0.39, 0.29) is 25.7 Å². The lowest BCUT2D eigenvalue weighted by molar-refractivity contribution is -0.143. The van der Waals surface area contributed by atoms with Crippen molar-refractivity contribution in [3.8, 4) is 0 Å². The third-order valence-electron chi connectivity index (χ3n) is 4.82. The van der Waals surface area contributed by atoms with Crippen LogP contribution in [0, 0.1) is 0 Å². The number of aliphatic hydroxyl groups is 1. The number of carbonyl (C=O) groups is 2. The van der Waals surface area contributed by atoms with Crippen LogP contribution in [0.3, 0.4) is 0 Å². The Kier molecular flexibility index (Phi) is 21.3. The van der Waals surface area contributed by atoms with Gasteiger partial charge in [0.15, 0.2) is 0 Å². The number of unbranched alkanes of at least 4 members (excludes halogenated alkanes) is 14. The molecular weight excluding hydrogens is 356 g/mol. The van der Waals surface area contributed by atoms with E-state index in [1.165, 1.54) is 83.5 Å². The van der Waals surface area contributed by atoms with Crippen LogP contribution in [0.1, 0.15) is 110 Å². The van der Waals surface area contributed by atoms with Gasteiger partial charge in [0, 0.05) is 6.42 Å². The number of hydrogen-bond acceptors (Lipinski definition) is 5. The van der Waals surface area contributed by atoms with E-state index >= 15 is 0 Å². The van der Waals surface area contributed by atoms with Gasteiger partial charge in [-0.15, -0.1) is 0 Å². The second kappa shape index (κ2) is 22.2. The lowest BCUT2D eigenvalue weighted by Gasteiger charge is -2.07. The van der Waals surface area contributed by atoms with Crippen molar-refractivity contribution in [1.29, 1.82) is 0 Å². The van der Waals surface area contributed by atoms with E-state index in [1.807, 2.05) is 0 Å². The van der Waals surface area contributed by atoms with Crippen LogP contribution in [0.2, 0.25) is 0 Å². The summed E-state index contributed by atoms with van der Waals surface area (Å²) in [5, 5.41) is 8.52. The van der Waals surface area contributed by atoms with Gasteiger partial charge in [0.2, 0.25) is 5.91 Å². The van der Waals surface area contributed by atoms with Crippen molar-refractivity contribution >= 4 is 11.9 Å². The van der Waals surface area contributed by atoms with Crippen molar-refractivity contribution in [1.82, 2.24) is 10.9 Å². The quantitative estimate of drug-likeness (QED) is 0.151. The minimum Gasteiger partial charge on any atom is -0.462 e. The molecule has 0 radical (unpaired) electrons. The number of amides is 1. The van der Waals surface area contributed by atoms with Gasteiger partial charge < -0.3 is 9.84 Å². The summed E-state index contributed by atoms with van der Waals surface area (Å²) in [6.45, 7) is 1.95. The van der Waals surface area contributed by atoms with E-state index in [4.69, 9.17) is 5.11 Å². The monoisotopic (exact) mass is 400 g/mol. The van der Waals surface area contributed by atoms with Crippen LogP contribution in [0.25, 0.3) is 0 Å². The van der Waals surface area contributed by atoms with Crippen LogP contribution in [0.4, 0.5) is 0 Å². The maximum Gasteiger partial charge on any atom is 0.321 e. The molecule has 0 aromatic carbocycles. The first-order chi connectivity index (χ1) is 13.7. The summed E-state index contributed by atoms with van der Waals surface area (Å²) < 4.78 is 4.66. The second-order valence-corrected chi connectivity index (χ2v) is 7.55. The smallest absolute Gasteiger partial charge is 0.321 e. The number of nitrogens with one attached hydrogen (secondary N) is 2. The minimum absolute atomic E-state index is 0.0203. The molecule has 6 heteroatoms. The average molecular weight is 401 g/mol. The number of carbonyl (C=O) groups excluding carboxylic acids is 2. The van der Waals surface area contributed by atoms with Crippen LogP contribution >= 0.6 is 0 Å². The van der Waals surface area contributed by atoms with Crippen molar-refractivity contribution in [2.24, 2.45) is 0 Å². The summed E-state index contributed by atoms with van der Waals surface area (Å²) in [5.41, 5.74) is 5.03. The molecule has 0 spiro atoms. The molecule has 0 heterocycles. The maximum atomic E-state index is 11.6. The minimum atomic E-state index is -0.499. The molecule has 0 atom stereocenters. The van der Waals surface area contributed by atoms with Gasteiger partial charge >= 0.3 is 5.97 Å². The molecule has 6 nitrogen and oxygen atoms in total. The molecule has 0 aliphatic carbocycles. The largest absolute Gasteiger partial charge is 0.462 e. The first-order valence-electron chi connectivity index (χ1n) is 11.5. The Morgan fingerprint density at radius 2 is 1.21 bits per heavy atom. The molecule has 0 saturated heterocycles. The number of esters is 1. The second-order valence-electron chi connectivity index (χ2n) is 7.55. The van der Waals surface area contributed by atoms with Gasteiger partial charge in [-0.25, -0.2) is 5.43 Å². The van der Waals surface area contributed by atoms with Gasteiger partial charge in [-0.05, 0) is 6.42 Å². The predicted octanol–water partition coefficient (Wildman–Crippen LogP) is 4.40. The third kappa shape index (κ3) is 21.2. The lowest BCUT2D eigenvalue weighted by Crippen LogP contribution is -2.41. The van der Waals surface area contributed by atoms with Gasteiger partial charge in [-0.2, -0.15) is 0 Å². The lowest BCUT2D eigenvalue weighted by atomic mass is 10.0. The average Bonchev–Trinajstić information content (AvgIpc) is 2.69. The van der Waals surface area contributed by atoms with Crippen molar-refractivity contribution in [3.63, 3.8) is 0 Å². The van der Waals surface area contributed by atoms with Gasteiger partial charge in [0.25, 0.3) is 0 Å². The molecule has 0 aliphatic heterocycles. The maximum absolute atomic E-state index is 11.6. The highest BCUT2D eigenvalue weighted by atomic mass is 16.5. The van der Waals surface area contributed by atoms with Crippen LogP contribution in [0.5, 0.6) is 0 Å². The van der Waals surface area contributed by atoms with Crippen LogP contribution in [-0.2, 0) is 14.3 Å². The normalized spacial score (nSPS) is 10.8. The molecule has 166 valence electrons. The summed E-state index contributed by atoms with van der Waals surface area (Å²) >= 11 is 0. The van der Waals surface area contributed by atoms with Crippen LogP contribution in [0.15, 0.2) is 0 Å². The van der Waals surface area contributed by atoms with E-state index in [0.717, 1.165) is 12.8 Å². The standard InChI is InChI=1S/C22H44N2O4/c1-2-3-4-5-6-7-8-9-10-11-12-13-14-15-16-17-21(26)24-23-20-22(27)28-19-18-25/h23,25H,2-20H2,1H3,(H,24,26). The first-order valence-corrected chi connectivity index (χ1v) is 11.5. The molecule has 0 rings (SSSR count). The Hall–Kier alpha value is -1.14. The number of hydrogen-bond donors (Lipinski definition) is 3. The fourth-order valence-corrected chi connectivity index (χ4v) is 3.14. The molecule has 1 amide bonds. The highest BCUT2D eigenvalue weighted by Gasteiger charge is 2.04. The van der Waals surface area contributed by atoms with Crippen LogP contribution < -0.4 is 10.9 Å². The van der Waals surface area contributed by atoms with E-state index < -0.39 is 5.97 Å². The van der Waals surface area contributed by atoms with Gasteiger partial charge in [-0.3, -0.25) is 15.0 Å². The third-order valence-corrected chi connectivity index (χ3v) is 4.82. The molecule has 28 heavy (non-hydrogen) atoms. The summed E-state index contributed by atoms with van der Waals surface area (Å²) in [7, 11) is 0. The van der Waals surface area contributed by atoms with Gasteiger partial charge in [0.1, 0.15) is 13.2 Å². The number of rotatable bonds is 21. The van der Waals surface area contributed by atoms with E-state index in [1.54, 1.807) is 0 Å². The van der Waals surface area contributed by atoms with Crippen molar-refractivity contribution in [2.75, 3.05) is 19.8 Å². The first kappa shape index (κ1) is 26.9. The summed E-state index contributed by atoms with van der Waals surface area (Å²) in [5.74, 6) is -0.606. The van der Waals surface area contributed by atoms with Crippen LogP contribution in [-0.4, -0.2) is 36.7 Å². The summed E-state index contributed by atoms with van der Waals surface area (Å²) in [4.78, 5) is 22.8. The Labute approximate surface area is 172 Å². The van der Waals surface area contributed by atoms with E-state index in [9.17, 15) is 9.59 Å². The van der Waals surface area contributed by atoms with E-state index in [0.29, 0.717) is 6.42 Å². The number of ether oxygens (including phenoxy) is 1. The summed E-state index contributed by atoms with van der Waals surface area (Å²) in [6, 6.07) is 0.